The van der Waals surface area contributed by atoms with Crippen LogP contribution >= 0.6 is 11.8 Å². The molecule has 0 aromatic heterocycles. The molecule has 2 rings (SSSR count). The van der Waals surface area contributed by atoms with Gasteiger partial charge in [-0.05, 0) is 19.8 Å². The number of carboxylic acid groups (broad SMARTS) is 2. The van der Waals surface area contributed by atoms with Gasteiger partial charge in [-0.15, -0.1) is 11.8 Å². The zero-order chi connectivity index (χ0) is 15.9. The minimum atomic E-state index is -1.23. The molecule has 2 aliphatic rings. The minimum absolute atomic E-state index is 0.0859. The first kappa shape index (κ1) is 15.8. The molecule has 9 heteroatoms. The van der Waals surface area contributed by atoms with Crippen LogP contribution < -0.4 is 5.73 Å². The van der Waals surface area contributed by atoms with Crippen molar-refractivity contribution in [2.75, 3.05) is 0 Å². The van der Waals surface area contributed by atoms with Gasteiger partial charge in [0.15, 0.2) is 0 Å². The first-order valence-corrected chi connectivity index (χ1v) is 7.26. The highest BCUT2D eigenvalue weighted by Crippen LogP contribution is 2.51. The molecule has 1 saturated heterocycles. The van der Waals surface area contributed by atoms with Crippen LogP contribution in [0.3, 0.4) is 0 Å². The molecule has 21 heavy (non-hydrogen) atoms. The maximum atomic E-state index is 11.9. The Bertz CT molecular complexity index is 532. The third-order valence-corrected chi connectivity index (χ3v) is 5.00. The molecule has 0 spiro atoms. The number of carbonyl (C=O) groups excluding carboxylic acids is 1. The summed E-state index contributed by atoms with van der Waals surface area (Å²) in [5.74, 6) is -3.44. The molecule has 1 amide bonds. The maximum absolute atomic E-state index is 11.9. The van der Waals surface area contributed by atoms with Gasteiger partial charge in [-0.3, -0.25) is 14.5 Å². The summed E-state index contributed by atoms with van der Waals surface area (Å²) in [7, 11) is 0. The number of hydrogen-bond acceptors (Lipinski definition) is 6. The Balaban J connectivity index is 2.15. The van der Waals surface area contributed by atoms with E-state index in [1.54, 1.807) is 0 Å². The highest BCUT2D eigenvalue weighted by atomic mass is 32.2. The average Bonchev–Trinajstić information content (AvgIpc) is 2.69. The number of aliphatic carboxylic acids is 2. The van der Waals surface area contributed by atoms with Gasteiger partial charge in [0.25, 0.3) is 0 Å². The maximum Gasteiger partial charge on any atom is 0.353 e. The summed E-state index contributed by atoms with van der Waals surface area (Å²) in [5, 5.41) is 27.1. The second-order valence-corrected chi connectivity index (χ2v) is 6.25. The number of fused-ring (bicyclic) bond motifs is 1. The summed E-state index contributed by atoms with van der Waals surface area (Å²) < 4.78 is 0. The molecule has 2 aliphatic heterocycles. The molecule has 4 atom stereocenters. The number of carbonyl (C=O) groups is 3. The number of allylic oxidation sites excluding steroid dienone is 1. The molecule has 0 aromatic carbocycles. The Morgan fingerprint density at radius 3 is 2.52 bits per heavy atom. The minimum Gasteiger partial charge on any atom is -0.480 e. The van der Waals surface area contributed by atoms with E-state index in [1.807, 2.05) is 0 Å². The molecule has 0 saturated carbocycles. The summed E-state index contributed by atoms with van der Waals surface area (Å²) in [6.45, 7) is 1.49. The summed E-state index contributed by atoms with van der Waals surface area (Å²) in [6, 6.07) is -1.08. The number of carboxylic acids is 2. The monoisotopic (exact) mass is 316 g/mol. The molecule has 1 unspecified atom stereocenters. The third-order valence-electron chi connectivity index (χ3n) is 3.57. The quantitative estimate of drug-likeness (QED) is 0.475. The molecule has 5 N–H and O–H groups in total. The van der Waals surface area contributed by atoms with Gasteiger partial charge in [0.1, 0.15) is 17.1 Å². The zero-order valence-corrected chi connectivity index (χ0v) is 12.0. The largest absolute Gasteiger partial charge is 0.480 e. The number of rotatable bonds is 6. The Hall–Kier alpha value is -1.58. The van der Waals surface area contributed by atoms with Crippen LogP contribution in [0.2, 0.25) is 0 Å². The number of hydrogen-bond donors (Lipinski definition) is 4. The van der Waals surface area contributed by atoms with E-state index >= 15 is 0 Å². The Morgan fingerprint density at radius 1 is 1.43 bits per heavy atom. The van der Waals surface area contributed by atoms with E-state index in [-0.39, 0.29) is 18.5 Å². The predicted octanol–water partition coefficient (Wildman–Crippen LogP) is -0.613. The van der Waals surface area contributed by atoms with Gasteiger partial charge >= 0.3 is 11.9 Å². The zero-order valence-electron chi connectivity index (χ0n) is 11.2. The second kappa shape index (κ2) is 5.66. The topological polar surface area (TPSA) is 141 Å². The molecule has 2 heterocycles. The van der Waals surface area contributed by atoms with Gasteiger partial charge in [-0.1, -0.05) is 0 Å². The highest BCUT2D eigenvalue weighted by Gasteiger charge is 2.57. The summed E-state index contributed by atoms with van der Waals surface area (Å²) in [4.78, 5) is 35.5. The Kier molecular flexibility index (Phi) is 4.26. The van der Waals surface area contributed by atoms with Crippen LogP contribution in [0.5, 0.6) is 0 Å². The molecular weight excluding hydrogens is 300 g/mol. The van der Waals surface area contributed by atoms with Gasteiger partial charge < -0.3 is 21.1 Å². The number of β-lactam (4-membered cyclic amide) rings is 1. The van der Waals surface area contributed by atoms with E-state index in [0.29, 0.717) is 4.91 Å². The van der Waals surface area contributed by atoms with E-state index < -0.39 is 41.3 Å². The normalized spacial score (nSPS) is 27.2. The predicted molar refractivity (Wildman–Crippen MR) is 72.9 cm³/mol. The molecular formula is C12H16N2O6S. The standard InChI is InChI=1S/C12H16N2O6S/c1-4(15)7-9(16)14-8(12(19)20)6(21-10(7)14)3-2-5(13)11(17)18/h4-5,7,10,15H,2-3,13H2,1H3,(H,17,18)(H,19,20)/t4?,5-,7+,10-/m1/s1. The number of aliphatic hydroxyl groups is 1. The molecule has 0 aromatic rings. The van der Waals surface area contributed by atoms with E-state index in [0.717, 1.165) is 4.90 Å². The van der Waals surface area contributed by atoms with Crippen molar-refractivity contribution < 1.29 is 29.7 Å². The van der Waals surface area contributed by atoms with Crippen molar-refractivity contribution in [2.24, 2.45) is 11.7 Å². The third kappa shape index (κ3) is 2.63. The van der Waals surface area contributed by atoms with Crippen LogP contribution in [0.25, 0.3) is 0 Å². The van der Waals surface area contributed by atoms with Crippen molar-refractivity contribution in [3.63, 3.8) is 0 Å². The van der Waals surface area contributed by atoms with Crippen molar-refractivity contribution >= 4 is 29.6 Å². The average molecular weight is 316 g/mol. The van der Waals surface area contributed by atoms with Crippen LogP contribution in [0.15, 0.2) is 10.6 Å². The number of thioether (sulfide) groups is 1. The Morgan fingerprint density at radius 2 is 2.05 bits per heavy atom. The van der Waals surface area contributed by atoms with Crippen LogP contribution in [0.4, 0.5) is 0 Å². The fourth-order valence-electron chi connectivity index (χ4n) is 2.44. The molecule has 1 fully saturated rings. The van der Waals surface area contributed by atoms with Gasteiger partial charge in [-0.25, -0.2) is 4.79 Å². The number of nitrogens with zero attached hydrogens (tertiary/aromatic N) is 1. The molecule has 116 valence electrons. The van der Waals surface area contributed by atoms with Crippen LogP contribution in [-0.4, -0.2) is 55.6 Å². The molecule has 0 radical (unpaired) electrons. The van der Waals surface area contributed by atoms with Gasteiger partial charge in [0.2, 0.25) is 5.91 Å². The second-order valence-electron chi connectivity index (χ2n) is 5.04. The first-order chi connectivity index (χ1) is 9.75. The van der Waals surface area contributed by atoms with Crippen molar-refractivity contribution in [1.29, 1.82) is 0 Å². The smallest absolute Gasteiger partial charge is 0.353 e. The summed E-state index contributed by atoms with van der Waals surface area (Å²) in [6.07, 6.45) is -0.600. The van der Waals surface area contributed by atoms with E-state index in [2.05, 4.69) is 0 Å². The first-order valence-electron chi connectivity index (χ1n) is 6.38. The van der Waals surface area contributed by atoms with Crippen molar-refractivity contribution in [3.8, 4) is 0 Å². The SMILES string of the molecule is CC(O)[C@H]1C(=O)N2C(C(=O)O)=C(CC[C@@H](N)C(=O)O)S[C@H]12. The number of aliphatic hydroxyl groups excluding tert-OH is 1. The van der Waals surface area contributed by atoms with E-state index in [4.69, 9.17) is 10.8 Å². The van der Waals surface area contributed by atoms with Crippen molar-refractivity contribution in [3.05, 3.63) is 10.6 Å². The summed E-state index contributed by atoms with van der Waals surface area (Å²) >= 11 is 1.19. The van der Waals surface area contributed by atoms with Gasteiger partial charge in [0.05, 0.1) is 12.0 Å². The lowest BCUT2D eigenvalue weighted by Gasteiger charge is -2.43. The van der Waals surface area contributed by atoms with Crippen LogP contribution in [-0.2, 0) is 14.4 Å². The van der Waals surface area contributed by atoms with Crippen molar-refractivity contribution in [2.45, 2.75) is 37.3 Å². The van der Waals surface area contributed by atoms with Crippen LogP contribution in [0.1, 0.15) is 19.8 Å². The lowest BCUT2D eigenvalue weighted by Crippen LogP contribution is -2.60. The molecule has 0 aliphatic carbocycles. The van der Waals surface area contributed by atoms with E-state index in [9.17, 15) is 24.6 Å². The van der Waals surface area contributed by atoms with Crippen LogP contribution in [0, 0.1) is 5.92 Å². The van der Waals surface area contributed by atoms with Crippen molar-refractivity contribution in [1.82, 2.24) is 4.90 Å². The molecule has 0 bridgehead atoms. The fourth-order valence-corrected chi connectivity index (χ4v) is 4.07. The lowest BCUT2D eigenvalue weighted by atomic mass is 9.92. The lowest BCUT2D eigenvalue weighted by molar-refractivity contribution is -0.156. The number of amides is 1. The Labute approximate surface area is 124 Å². The van der Waals surface area contributed by atoms with E-state index in [1.165, 1.54) is 18.7 Å². The van der Waals surface area contributed by atoms with Gasteiger partial charge in [-0.2, -0.15) is 0 Å². The highest BCUT2D eigenvalue weighted by molar-refractivity contribution is 8.04. The fraction of sp³-hybridized carbons (Fsp3) is 0.583. The number of nitrogens with two attached hydrogens (primary N) is 1. The summed E-state index contributed by atoms with van der Waals surface area (Å²) in [5.41, 5.74) is 5.28. The molecule has 8 nitrogen and oxygen atoms in total. The van der Waals surface area contributed by atoms with Gasteiger partial charge in [0, 0.05) is 4.91 Å².